The summed E-state index contributed by atoms with van der Waals surface area (Å²) in [5.74, 6) is 0. The van der Waals surface area contributed by atoms with Gasteiger partial charge in [-0.1, -0.05) is 13.3 Å². The molecule has 1 nitrogen and oxygen atoms in total. The molecule has 8 heavy (non-hydrogen) atoms. The van der Waals surface area contributed by atoms with Gasteiger partial charge in [0.15, 0.2) is 0 Å². The molecular weight excluding hydrogens is 213 g/mol. The lowest BCUT2D eigenvalue weighted by atomic mass is 10.0. The molecule has 0 bridgehead atoms. The third-order valence-electron chi connectivity index (χ3n) is 1.13. The van der Waals surface area contributed by atoms with Crippen molar-refractivity contribution >= 4 is 22.9 Å². The van der Waals surface area contributed by atoms with Gasteiger partial charge in [-0.2, -0.15) is 0 Å². The van der Waals surface area contributed by atoms with Gasteiger partial charge in [0.1, 0.15) is 0 Å². The average Bonchev–Trinajstić information content (AvgIpc) is 1.67. The monoisotopic (exact) mass is 227 g/mol. The second kappa shape index (κ2) is 3.67. The van der Waals surface area contributed by atoms with Crippen LogP contribution in [0.25, 0.3) is 0 Å². The molecule has 0 rings (SSSR count). The summed E-state index contributed by atoms with van der Waals surface area (Å²) < 4.78 is 3.21. The first-order valence-electron chi connectivity index (χ1n) is 3.00. The van der Waals surface area contributed by atoms with Crippen molar-refractivity contribution in [2.45, 2.75) is 39.2 Å². The van der Waals surface area contributed by atoms with Crippen molar-refractivity contribution in [3.05, 3.63) is 0 Å². The molecule has 0 heterocycles. The second-order valence-corrected chi connectivity index (χ2v) is 3.27. The number of hydrogen-bond donors (Lipinski definition) is 1. The Bertz CT molecular complexity index is 61.5. The van der Waals surface area contributed by atoms with Crippen LogP contribution >= 0.6 is 22.9 Å². The van der Waals surface area contributed by atoms with Gasteiger partial charge in [0.25, 0.3) is 0 Å². The zero-order valence-corrected chi connectivity index (χ0v) is 7.95. The van der Waals surface area contributed by atoms with E-state index in [1.807, 2.05) is 0 Å². The molecule has 2 heteroatoms. The highest BCUT2D eigenvalue weighted by molar-refractivity contribution is 14.1. The van der Waals surface area contributed by atoms with Crippen LogP contribution in [0.1, 0.15) is 33.6 Å². The molecular formula is C6H14IN. The standard InChI is InChI=1S/C6H14IN/c1-4-5-6(2,3)8-7/h8H,4-5H2,1-3H3. The topological polar surface area (TPSA) is 12.0 Å². The molecule has 0 amide bonds. The van der Waals surface area contributed by atoms with Crippen LogP contribution in [0.5, 0.6) is 0 Å². The fourth-order valence-corrected chi connectivity index (χ4v) is 0.942. The van der Waals surface area contributed by atoms with E-state index in [-0.39, 0.29) is 0 Å². The van der Waals surface area contributed by atoms with Gasteiger partial charge in [0.05, 0.1) is 0 Å². The summed E-state index contributed by atoms with van der Waals surface area (Å²) in [6.07, 6.45) is 2.50. The lowest BCUT2D eigenvalue weighted by molar-refractivity contribution is 0.449. The quantitative estimate of drug-likeness (QED) is 0.577. The Morgan fingerprint density at radius 3 is 2.12 bits per heavy atom. The molecule has 0 saturated heterocycles. The Morgan fingerprint density at radius 1 is 1.50 bits per heavy atom. The molecule has 0 aliphatic rings. The highest BCUT2D eigenvalue weighted by atomic mass is 127. The van der Waals surface area contributed by atoms with Gasteiger partial charge in [-0.25, -0.2) is 0 Å². The lowest BCUT2D eigenvalue weighted by Gasteiger charge is -2.20. The summed E-state index contributed by atoms with van der Waals surface area (Å²) in [4.78, 5) is 0. The largest absolute Gasteiger partial charge is 0.255 e. The van der Waals surface area contributed by atoms with Crippen LogP contribution in [0.4, 0.5) is 0 Å². The van der Waals surface area contributed by atoms with Crippen molar-refractivity contribution in [2.75, 3.05) is 0 Å². The SMILES string of the molecule is CCCC(C)(C)NI. The normalized spacial score (nSPS) is 12.0. The van der Waals surface area contributed by atoms with Crippen LogP contribution in [0.15, 0.2) is 0 Å². The van der Waals surface area contributed by atoms with Crippen molar-refractivity contribution in [1.82, 2.24) is 3.53 Å². The fourth-order valence-electron chi connectivity index (χ4n) is 0.672. The molecule has 0 atom stereocenters. The molecule has 0 aliphatic heterocycles. The van der Waals surface area contributed by atoms with Crippen molar-refractivity contribution in [1.29, 1.82) is 0 Å². The molecule has 0 aromatic heterocycles. The highest BCUT2D eigenvalue weighted by Crippen LogP contribution is 2.11. The molecule has 1 N–H and O–H groups in total. The van der Waals surface area contributed by atoms with E-state index in [0.717, 1.165) is 0 Å². The molecule has 0 aromatic rings. The zero-order chi connectivity index (χ0) is 6.62. The molecule has 50 valence electrons. The third kappa shape index (κ3) is 3.66. The van der Waals surface area contributed by atoms with Crippen molar-refractivity contribution in [3.63, 3.8) is 0 Å². The molecule has 0 fully saturated rings. The van der Waals surface area contributed by atoms with E-state index in [4.69, 9.17) is 0 Å². The van der Waals surface area contributed by atoms with E-state index >= 15 is 0 Å². The minimum atomic E-state index is 0.329. The molecule has 0 radical (unpaired) electrons. The summed E-state index contributed by atoms with van der Waals surface area (Å²) >= 11 is 2.20. The van der Waals surface area contributed by atoms with E-state index in [1.165, 1.54) is 12.8 Å². The third-order valence-corrected chi connectivity index (χ3v) is 2.59. The summed E-state index contributed by atoms with van der Waals surface area (Å²) in [5.41, 5.74) is 0.329. The van der Waals surface area contributed by atoms with E-state index in [0.29, 0.717) is 5.54 Å². The predicted molar refractivity (Wildman–Crippen MR) is 46.1 cm³/mol. The minimum Gasteiger partial charge on any atom is -0.255 e. The summed E-state index contributed by atoms with van der Waals surface area (Å²) in [5, 5.41) is 0. The van der Waals surface area contributed by atoms with E-state index in [2.05, 4.69) is 47.2 Å². The van der Waals surface area contributed by atoms with Gasteiger partial charge in [-0.15, -0.1) is 0 Å². The van der Waals surface area contributed by atoms with Crippen LogP contribution in [-0.4, -0.2) is 5.54 Å². The first kappa shape index (κ1) is 8.69. The second-order valence-electron chi connectivity index (χ2n) is 2.73. The number of nitrogens with one attached hydrogen (secondary N) is 1. The number of halogens is 1. The first-order valence-corrected chi connectivity index (χ1v) is 4.08. The predicted octanol–water partition coefficient (Wildman–Crippen LogP) is 2.50. The minimum absolute atomic E-state index is 0.329. The van der Waals surface area contributed by atoms with Gasteiger partial charge >= 0.3 is 0 Å². The van der Waals surface area contributed by atoms with Gasteiger partial charge in [-0.05, 0) is 20.3 Å². The van der Waals surface area contributed by atoms with Crippen LogP contribution in [0.3, 0.4) is 0 Å². The summed E-state index contributed by atoms with van der Waals surface area (Å²) in [7, 11) is 0. The van der Waals surface area contributed by atoms with Gasteiger partial charge in [0.2, 0.25) is 0 Å². The maximum Gasteiger partial charge on any atom is 0.0218 e. The number of hydrogen-bond acceptors (Lipinski definition) is 1. The Morgan fingerprint density at radius 2 is 2.00 bits per heavy atom. The Hall–Kier alpha value is 0.690. The van der Waals surface area contributed by atoms with Crippen molar-refractivity contribution in [3.8, 4) is 0 Å². The molecule has 0 spiro atoms. The summed E-state index contributed by atoms with van der Waals surface area (Å²) in [6.45, 7) is 6.63. The molecule has 0 unspecified atom stereocenters. The smallest absolute Gasteiger partial charge is 0.0218 e. The Kier molecular flexibility index (Phi) is 3.98. The average molecular weight is 227 g/mol. The van der Waals surface area contributed by atoms with Gasteiger partial charge in [-0.3, -0.25) is 3.53 Å². The fraction of sp³-hybridized carbons (Fsp3) is 1.00. The van der Waals surface area contributed by atoms with Crippen molar-refractivity contribution in [2.24, 2.45) is 0 Å². The van der Waals surface area contributed by atoms with Crippen LogP contribution in [-0.2, 0) is 0 Å². The summed E-state index contributed by atoms with van der Waals surface area (Å²) in [6, 6.07) is 0. The van der Waals surface area contributed by atoms with Gasteiger partial charge < -0.3 is 0 Å². The lowest BCUT2D eigenvalue weighted by Crippen LogP contribution is -2.31. The van der Waals surface area contributed by atoms with Crippen molar-refractivity contribution < 1.29 is 0 Å². The highest BCUT2D eigenvalue weighted by Gasteiger charge is 2.12. The molecule has 0 aromatic carbocycles. The maximum atomic E-state index is 3.21. The van der Waals surface area contributed by atoms with Crippen LogP contribution in [0, 0.1) is 0 Å². The Labute approximate surface area is 65.7 Å². The maximum absolute atomic E-state index is 3.21. The Balaban J connectivity index is 3.37. The van der Waals surface area contributed by atoms with Gasteiger partial charge in [0, 0.05) is 28.4 Å². The van der Waals surface area contributed by atoms with Crippen LogP contribution in [0.2, 0.25) is 0 Å². The van der Waals surface area contributed by atoms with Crippen LogP contribution < -0.4 is 3.53 Å². The van der Waals surface area contributed by atoms with E-state index in [1.54, 1.807) is 0 Å². The van der Waals surface area contributed by atoms with E-state index in [9.17, 15) is 0 Å². The number of rotatable bonds is 3. The zero-order valence-electron chi connectivity index (χ0n) is 5.79. The first-order chi connectivity index (χ1) is 3.62. The van der Waals surface area contributed by atoms with E-state index < -0.39 is 0 Å². The molecule has 0 aliphatic carbocycles. The molecule has 0 saturated carbocycles.